The Morgan fingerprint density at radius 3 is 2.65 bits per heavy atom. The second-order valence-corrected chi connectivity index (χ2v) is 6.69. The zero-order valence-corrected chi connectivity index (χ0v) is 15.3. The van der Waals surface area contributed by atoms with Crippen molar-refractivity contribution in [1.29, 1.82) is 0 Å². The van der Waals surface area contributed by atoms with Crippen molar-refractivity contribution in [1.82, 2.24) is 4.98 Å². The zero-order valence-electron chi connectivity index (χ0n) is 14.5. The fourth-order valence-electron chi connectivity index (χ4n) is 2.33. The van der Waals surface area contributed by atoms with Crippen molar-refractivity contribution in [2.45, 2.75) is 12.2 Å². The van der Waals surface area contributed by atoms with Gasteiger partial charge in [0.25, 0.3) is 0 Å². The quantitative estimate of drug-likeness (QED) is 0.588. The Morgan fingerprint density at radius 2 is 1.92 bits per heavy atom. The van der Waals surface area contributed by atoms with Crippen LogP contribution in [0.2, 0.25) is 0 Å². The predicted octanol–water partition coefficient (Wildman–Crippen LogP) is 4.61. The van der Waals surface area contributed by atoms with E-state index in [0.717, 1.165) is 28.4 Å². The maximum Gasteiger partial charge on any atom is 0.226 e. The largest absolute Gasteiger partial charge is 0.497 e. The number of hydrogen-bond acceptors (Lipinski definition) is 5. The van der Waals surface area contributed by atoms with Crippen molar-refractivity contribution in [2.75, 3.05) is 18.2 Å². The summed E-state index contributed by atoms with van der Waals surface area (Å²) in [7, 11) is 1.63. The lowest BCUT2D eigenvalue weighted by Gasteiger charge is -2.04. The molecular weight excluding hydrogens is 348 g/mol. The Kier molecular flexibility index (Phi) is 6.33. The van der Waals surface area contributed by atoms with Gasteiger partial charge in [-0.05, 0) is 36.4 Å². The van der Waals surface area contributed by atoms with Crippen molar-refractivity contribution >= 4 is 23.4 Å². The SMILES string of the molecule is COc1ccc(-c2nc(CSCCC(=O)Nc3ccccc3)co2)cc1. The summed E-state index contributed by atoms with van der Waals surface area (Å²) in [5.74, 6) is 2.83. The van der Waals surface area contributed by atoms with E-state index >= 15 is 0 Å². The topological polar surface area (TPSA) is 64.4 Å². The number of aromatic nitrogens is 1. The summed E-state index contributed by atoms with van der Waals surface area (Å²) in [6.45, 7) is 0. The maximum atomic E-state index is 11.9. The molecule has 1 heterocycles. The Hall–Kier alpha value is -2.73. The van der Waals surface area contributed by atoms with E-state index in [1.165, 1.54) is 0 Å². The molecule has 0 saturated carbocycles. The molecule has 2 aromatic carbocycles. The van der Waals surface area contributed by atoms with Gasteiger partial charge < -0.3 is 14.5 Å². The number of nitrogens with one attached hydrogen (secondary N) is 1. The van der Waals surface area contributed by atoms with Crippen LogP contribution in [-0.4, -0.2) is 23.8 Å². The highest BCUT2D eigenvalue weighted by Crippen LogP contribution is 2.23. The van der Waals surface area contributed by atoms with Gasteiger partial charge in [-0.25, -0.2) is 4.98 Å². The molecule has 0 spiro atoms. The van der Waals surface area contributed by atoms with E-state index < -0.39 is 0 Å². The third-order valence-electron chi connectivity index (χ3n) is 3.67. The molecule has 3 rings (SSSR count). The van der Waals surface area contributed by atoms with E-state index in [2.05, 4.69) is 10.3 Å². The second-order valence-electron chi connectivity index (χ2n) is 5.59. The van der Waals surface area contributed by atoms with E-state index in [-0.39, 0.29) is 5.91 Å². The molecule has 5 nitrogen and oxygen atoms in total. The van der Waals surface area contributed by atoms with Gasteiger partial charge in [-0.15, -0.1) is 0 Å². The summed E-state index contributed by atoms with van der Waals surface area (Å²) in [6.07, 6.45) is 2.12. The van der Waals surface area contributed by atoms with E-state index in [4.69, 9.17) is 9.15 Å². The first-order chi connectivity index (χ1) is 12.7. The standard InChI is InChI=1S/C20H20N2O3S/c1-24-18-9-7-15(8-10-18)20-22-17(13-25-20)14-26-12-11-19(23)21-16-5-3-2-4-6-16/h2-10,13H,11-12,14H2,1H3,(H,21,23). The van der Waals surface area contributed by atoms with Gasteiger partial charge in [0.1, 0.15) is 12.0 Å². The lowest BCUT2D eigenvalue weighted by molar-refractivity contribution is -0.115. The third kappa shape index (κ3) is 5.13. The van der Waals surface area contributed by atoms with Crippen molar-refractivity contribution in [3.63, 3.8) is 0 Å². The van der Waals surface area contributed by atoms with Gasteiger partial charge >= 0.3 is 0 Å². The molecule has 0 aliphatic rings. The van der Waals surface area contributed by atoms with Crippen molar-refractivity contribution in [2.24, 2.45) is 0 Å². The minimum atomic E-state index is 0.0165. The molecule has 1 N–H and O–H groups in total. The van der Waals surface area contributed by atoms with Gasteiger partial charge in [0, 0.05) is 29.2 Å². The third-order valence-corrected chi connectivity index (χ3v) is 4.66. The maximum absolute atomic E-state index is 11.9. The number of thioether (sulfide) groups is 1. The lowest BCUT2D eigenvalue weighted by atomic mass is 10.2. The summed E-state index contributed by atoms with van der Waals surface area (Å²) in [6, 6.07) is 17.0. The van der Waals surface area contributed by atoms with Crippen LogP contribution in [0.25, 0.3) is 11.5 Å². The molecule has 0 fully saturated rings. The fraction of sp³-hybridized carbons (Fsp3) is 0.200. The van der Waals surface area contributed by atoms with Crippen LogP contribution in [0, 0.1) is 0 Å². The summed E-state index contributed by atoms with van der Waals surface area (Å²) in [4.78, 5) is 16.4. The van der Waals surface area contributed by atoms with E-state index in [9.17, 15) is 4.79 Å². The highest BCUT2D eigenvalue weighted by Gasteiger charge is 2.08. The summed E-state index contributed by atoms with van der Waals surface area (Å²) >= 11 is 1.66. The minimum absolute atomic E-state index is 0.0165. The highest BCUT2D eigenvalue weighted by atomic mass is 32.2. The smallest absolute Gasteiger partial charge is 0.226 e. The fourth-order valence-corrected chi connectivity index (χ4v) is 3.14. The second kappa shape index (κ2) is 9.10. The zero-order chi connectivity index (χ0) is 18.2. The van der Waals surface area contributed by atoms with Gasteiger partial charge in [-0.3, -0.25) is 4.79 Å². The number of oxazole rings is 1. The number of anilines is 1. The minimum Gasteiger partial charge on any atom is -0.497 e. The molecule has 1 amide bonds. The van der Waals surface area contributed by atoms with Gasteiger partial charge in [0.05, 0.1) is 12.8 Å². The highest BCUT2D eigenvalue weighted by molar-refractivity contribution is 7.98. The number of rotatable bonds is 8. The number of carbonyl (C=O) groups is 1. The summed E-state index contributed by atoms with van der Waals surface area (Å²) < 4.78 is 10.7. The van der Waals surface area contributed by atoms with E-state index in [1.54, 1.807) is 25.1 Å². The number of methoxy groups -OCH3 is 1. The van der Waals surface area contributed by atoms with E-state index in [1.807, 2.05) is 54.6 Å². The molecule has 0 radical (unpaired) electrons. The van der Waals surface area contributed by atoms with Gasteiger partial charge in [0.15, 0.2) is 0 Å². The van der Waals surface area contributed by atoms with Crippen LogP contribution in [0.5, 0.6) is 5.75 Å². The Morgan fingerprint density at radius 1 is 1.15 bits per heavy atom. The number of nitrogens with zero attached hydrogens (tertiary/aromatic N) is 1. The molecule has 0 aliphatic carbocycles. The Balaban J connectivity index is 1.42. The molecule has 3 aromatic rings. The van der Waals surface area contributed by atoms with Crippen molar-refractivity contribution in [3.8, 4) is 17.2 Å². The van der Waals surface area contributed by atoms with E-state index in [0.29, 0.717) is 18.1 Å². The normalized spacial score (nSPS) is 10.5. The van der Waals surface area contributed by atoms with Gasteiger partial charge in [0.2, 0.25) is 11.8 Å². The lowest BCUT2D eigenvalue weighted by Crippen LogP contribution is -2.12. The summed E-state index contributed by atoms with van der Waals surface area (Å²) in [5, 5.41) is 2.88. The number of benzene rings is 2. The number of ether oxygens (including phenoxy) is 1. The molecular formula is C20H20N2O3S. The molecule has 1 aromatic heterocycles. The number of para-hydroxylation sites is 1. The first-order valence-electron chi connectivity index (χ1n) is 8.26. The monoisotopic (exact) mass is 368 g/mol. The first-order valence-corrected chi connectivity index (χ1v) is 9.41. The molecule has 0 unspecified atom stereocenters. The van der Waals surface area contributed by atoms with Crippen LogP contribution in [-0.2, 0) is 10.5 Å². The number of carbonyl (C=O) groups excluding carboxylic acids is 1. The van der Waals surface area contributed by atoms with Crippen molar-refractivity contribution in [3.05, 3.63) is 66.6 Å². The van der Waals surface area contributed by atoms with Crippen molar-refractivity contribution < 1.29 is 13.9 Å². The van der Waals surface area contributed by atoms with Gasteiger partial charge in [-0.2, -0.15) is 11.8 Å². The molecule has 0 aliphatic heterocycles. The van der Waals surface area contributed by atoms with Crippen LogP contribution in [0.4, 0.5) is 5.69 Å². The number of amides is 1. The van der Waals surface area contributed by atoms with Gasteiger partial charge in [-0.1, -0.05) is 18.2 Å². The molecule has 26 heavy (non-hydrogen) atoms. The Labute approximate surface area is 156 Å². The Bertz CT molecular complexity index is 832. The van der Waals surface area contributed by atoms with Crippen LogP contribution in [0.1, 0.15) is 12.1 Å². The molecule has 6 heteroatoms. The number of hydrogen-bond donors (Lipinski definition) is 1. The molecule has 0 atom stereocenters. The molecule has 0 bridgehead atoms. The van der Waals surface area contributed by atoms with Crippen LogP contribution in [0.15, 0.2) is 65.3 Å². The predicted molar refractivity (Wildman–Crippen MR) is 104 cm³/mol. The van der Waals surface area contributed by atoms with Crippen LogP contribution in [0.3, 0.4) is 0 Å². The van der Waals surface area contributed by atoms with Crippen LogP contribution < -0.4 is 10.1 Å². The average Bonchev–Trinajstić information content (AvgIpc) is 3.15. The average molecular weight is 368 g/mol. The first kappa shape index (κ1) is 18.1. The molecule has 0 saturated heterocycles. The molecule has 134 valence electrons. The van der Waals surface area contributed by atoms with Crippen LogP contribution >= 0.6 is 11.8 Å². The summed E-state index contributed by atoms with van der Waals surface area (Å²) in [5.41, 5.74) is 2.59.